The summed E-state index contributed by atoms with van der Waals surface area (Å²) in [5.41, 5.74) is 0.665. The number of hydrogen-bond acceptors (Lipinski definition) is 5. The molecular weight excluding hydrogens is 334 g/mol. The quantitative estimate of drug-likeness (QED) is 0.650. The van der Waals surface area contributed by atoms with E-state index in [1.165, 1.54) is 11.8 Å². The maximum absolute atomic E-state index is 12.2. The molecule has 25 heavy (non-hydrogen) atoms. The first-order valence-electron chi connectivity index (χ1n) is 8.60. The highest BCUT2D eigenvalue weighted by molar-refractivity contribution is 7.99. The molecule has 1 aromatic carbocycles. The molecular formula is C19H27N3O2S. The Morgan fingerprint density at radius 3 is 2.44 bits per heavy atom. The lowest BCUT2D eigenvalue weighted by molar-refractivity contribution is -0.123. The van der Waals surface area contributed by atoms with E-state index in [2.05, 4.69) is 21.7 Å². The largest absolute Gasteiger partial charge is 0.497 e. The Hall–Kier alpha value is -1.82. The third-order valence-electron chi connectivity index (χ3n) is 3.97. The molecule has 1 heterocycles. The molecule has 0 aliphatic carbocycles. The van der Waals surface area contributed by atoms with Gasteiger partial charge < -0.3 is 9.30 Å². The van der Waals surface area contributed by atoms with Gasteiger partial charge in [-0.15, -0.1) is 10.2 Å². The predicted molar refractivity (Wildman–Crippen MR) is 102 cm³/mol. The van der Waals surface area contributed by atoms with Crippen molar-refractivity contribution >= 4 is 17.5 Å². The van der Waals surface area contributed by atoms with Crippen molar-refractivity contribution in [1.29, 1.82) is 0 Å². The second kappa shape index (κ2) is 8.52. The van der Waals surface area contributed by atoms with E-state index in [1.807, 2.05) is 45.0 Å². The van der Waals surface area contributed by atoms with Crippen molar-refractivity contribution in [3.8, 4) is 17.1 Å². The molecule has 1 aromatic heterocycles. The molecule has 2 aromatic rings. The van der Waals surface area contributed by atoms with Crippen LogP contribution in [0.5, 0.6) is 5.75 Å². The first-order chi connectivity index (χ1) is 11.9. The molecule has 0 aliphatic rings. The minimum absolute atomic E-state index is 0.216. The third-order valence-corrected chi connectivity index (χ3v) is 4.94. The van der Waals surface area contributed by atoms with Crippen LogP contribution in [0.1, 0.15) is 40.5 Å². The number of unbranched alkanes of at least 4 members (excludes halogenated alkanes) is 1. The lowest BCUT2D eigenvalue weighted by Crippen LogP contribution is -2.22. The van der Waals surface area contributed by atoms with E-state index >= 15 is 0 Å². The highest BCUT2D eigenvalue weighted by Gasteiger charge is 2.23. The van der Waals surface area contributed by atoms with Crippen molar-refractivity contribution in [3.63, 3.8) is 0 Å². The molecule has 2 rings (SSSR count). The summed E-state index contributed by atoms with van der Waals surface area (Å²) < 4.78 is 7.33. The van der Waals surface area contributed by atoms with Crippen molar-refractivity contribution in [2.75, 3.05) is 12.9 Å². The highest BCUT2D eigenvalue weighted by atomic mass is 32.2. The first kappa shape index (κ1) is 19.5. The van der Waals surface area contributed by atoms with Gasteiger partial charge in [-0.2, -0.15) is 0 Å². The lowest BCUT2D eigenvalue weighted by Gasteiger charge is -2.16. The fourth-order valence-electron chi connectivity index (χ4n) is 2.21. The van der Waals surface area contributed by atoms with Gasteiger partial charge in [0.05, 0.1) is 12.9 Å². The molecule has 5 nitrogen and oxygen atoms in total. The first-order valence-corrected chi connectivity index (χ1v) is 9.59. The van der Waals surface area contributed by atoms with Gasteiger partial charge in [-0.05, 0) is 30.7 Å². The lowest BCUT2D eigenvalue weighted by atomic mass is 9.92. The Bertz CT molecular complexity index is 702. The number of ether oxygens (including phenoxy) is 1. The van der Waals surface area contributed by atoms with Crippen LogP contribution in [0, 0.1) is 5.41 Å². The molecule has 0 N–H and O–H groups in total. The molecule has 0 radical (unpaired) electrons. The molecule has 0 unspecified atom stereocenters. The molecule has 6 heteroatoms. The number of ketones is 1. The highest BCUT2D eigenvalue weighted by Crippen LogP contribution is 2.27. The van der Waals surface area contributed by atoms with Crippen LogP contribution < -0.4 is 4.74 Å². The van der Waals surface area contributed by atoms with Crippen LogP contribution in [0.25, 0.3) is 11.4 Å². The number of rotatable bonds is 8. The Kier molecular flexibility index (Phi) is 6.64. The SMILES string of the molecule is CCCCn1c(SCC(=O)C(C)(C)C)nnc1-c1ccc(OC)cc1. The number of carbonyl (C=O) groups excluding carboxylic acids is 1. The average molecular weight is 362 g/mol. The van der Waals surface area contributed by atoms with Crippen LogP contribution in [-0.2, 0) is 11.3 Å². The monoisotopic (exact) mass is 361 g/mol. The van der Waals surface area contributed by atoms with Crippen molar-refractivity contribution in [3.05, 3.63) is 24.3 Å². The van der Waals surface area contributed by atoms with Gasteiger partial charge in [0.2, 0.25) is 0 Å². The van der Waals surface area contributed by atoms with Crippen LogP contribution in [0.2, 0.25) is 0 Å². The second-order valence-corrected chi connectivity index (χ2v) is 7.94. The Morgan fingerprint density at radius 2 is 1.88 bits per heavy atom. The number of carbonyl (C=O) groups is 1. The maximum Gasteiger partial charge on any atom is 0.191 e. The Labute approximate surface area is 154 Å². The molecule has 0 amide bonds. The van der Waals surface area contributed by atoms with E-state index in [4.69, 9.17) is 4.74 Å². The minimum atomic E-state index is -0.333. The van der Waals surface area contributed by atoms with Crippen molar-refractivity contribution in [2.24, 2.45) is 5.41 Å². The van der Waals surface area contributed by atoms with Gasteiger partial charge in [0.1, 0.15) is 11.5 Å². The third kappa shape index (κ3) is 5.08. The number of hydrogen-bond donors (Lipinski definition) is 0. The van der Waals surface area contributed by atoms with Crippen molar-refractivity contribution in [1.82, 2.24) is 14.8 Å². The molecule has 0 bridgehead atoms. The zero-order chi connectivity index (χ0) is 18.4. The van der Waals surface area contributed by atoms with Crippen LogP contribution >= 0.6 is 11.8 Å². The summed E-state index contributed by atoms with van der Waals surface area (Å²) >= 11 is 1.47. The summed E-state index contributed by atoms with van der Waals surface area (Å²) in [6.45, 7) is 8.84. The summed E-state index contributed by atoms with van der Waals surface area (Å²) in [6.07, 6.45) is 2.13. The van der Waals surface area contributed by atoms with Crippen molar-refractivity contribution in [2.45, 2.75) is 52.2 Å². The van der Waals surface area contributed by atoms with E-state index in [-0.39, 0.29) is 11.2 Å². The zero-order valence-electron chi connectivity index (χ0n) is 15.7. The maximum atomic E-state index is 12.2. The minimum Gasteiger partial charge on any atom is -0.497 e. The normalized spacial score (nSPS) is 11.6. The van der Waals surface area contributed by atoms with Gasteiger partial charge in [0.15, 0.2) is 11.0 Å². The summed E-state index contributed by atoms with van der Waals surface area (Å²) in [5, 5.41) is 9.51. The van der Waals surface area contributed by atoms with Gasteiger partial charge in [-0.1, -0.05) is 45.9 Å². The standard InChI is InChI=1S/C19H27N3O2S/c1-6-7-12-22-17(14-8-10-15(24-5)11-9-14)20-21-18(22)25-13-16(23)19(2,3)4/h8-11H,6-7,12-13H2,1-5H3. The number of thioether (sulfide) groups is 1. The molecule has 0 fully saturated rings. The van der Waals surface area contributed by atoms with E-state index in [0.29, 0.717) is 5.75 Å². The molecule has 0 aliphatic heterocycles. The van der Waals surface area contributed by atoms with Crippen LogP contribution in [-0.4, -0.2) is 33.4 Å². The summed E-state index contributed by atoms with van der Waals surface area (Å²) in [4.78, 5) is 12.2. The van der Waals surface area contributed by atoms with E-state index in [1.54, 1.807) is 7.11 Å². The van der Waals surface area contributed by atoms with Gasteiger partial charge >= 0.3 is 0 Å². The molecule has 0 atom stereocenters. The molecule has 0 saturated heterocycles. The Balaban J connectivity index is 2.25. The Morgan fingerprint density at radius 1 is 1.20 bits per heavy atom. The molecule has 136 valence electrons. The fourth-order valence-corrected chi connectivity index (χ4v) is 3.34. The van der Waals surface area contributed by atoms with Crippen LogP contribution in [0.15, 0.2) is 29.4 Å². The molecule has 0 saturated carbocycles. The van der Waals surface area contributed by atoms with Gasteiger partial charge in [0, 0.05) is 17.5 Å². The summed E-state index contributed by atoms with van der Waals surface area (Å²) in [7, 11) is 1.65. The summed E-state index contributed by atoms with van der Waals surface area (Å²) in [5.74, 6) is 2.28. The van der Waals surface area contributed by atoms with E-state index < -0.39 is 0 Å². The fraction of sp³-hybridized carbons (Fsp3) is 0.526. The number of methoxy groups -OCH3 is 1. The average Bonchev–Trinajstić information content (AvgIpc) is 2.99. The number of nitrogens with zero attached hydrogens (tertiary/aromatic N) is 3. The molecule has 0 spiro atoms. The van der Waals surface area contributed by atoms with Crippen molar-refractivity contribution < 1.29 is 9.53 Å². The van der Waals surface area contributed by atoms with E-state index in [0.717, 1.165) is 41.7 Å². The van der Waals surface area contributed by atoms with Crippen LogP contribution in [0.3, 0.4) is 0 Å². The van der Waals surface area contributed by atoms with E-state index in [9.17, 15) is 4.79 Å². The van der Waals surface area contributed by atoms with Gasteiger partial charge in [-0.25, -0.2) is 0 Å². The summed E-state index contributed by atoms with van der Waals surface area (Å²) in [6, 6.07) is 7.81. The number of Topliss-reactive ketones (excluding diaryl/α,β-unsaturated/α-hetero) is 1. The number of aromatic nitrogens is 3. The zero-order valence-corrected chi connectivity index (χ0v) is 16.5. The topological polar surface area (TPSA) is 57.0 Å². The number of benzene rings is 1. The predicted octanol–water partition coefficient (Wildman–Crippen LogP) is 4.46. The van der Waals surface area contributed by atoms with Gasteiger partial charge in [0.25, 0.3) is 0 Å². The van der Waals surface area contributed by atoms with Gasteiger partial charge in [-0.3, -0.25) is 4.79 Å². The van der Waals surface area contributed by atoms with Crippen LogP contribution in [0.4, 0.5) is 0 Å². The second-order valence-electron chi connectivity index (χ2n) is 7.00. The smallest absolute Gasteiger partial charge is 0.191 e.